The summed E-state index contributed by atoms with van der Waals surface area (Å²) in [4.78, 5) is 0. The maximum Gasteiger partial charge on any atom is 0.168 e. The summed E-state index contributed by atoms with van der Waals surface area (Å²) in [6, 6.07) is 0. The van der Waals surface area contributed by atoms with Gasteiger partial charge >= 0.3 is 0 Å². The monoisotopic (exact) mass is 400 g/mol. The van der Waals surface area contributed by atoms with Crippen LogP contribution in [0.1, 0.15) is 90.7 Å². The average Bonchev–Trinajstić information content (AvgIpc) is 3.19. The Morgan fingerprint density at radius 2 is 1.24 bits per heavy atom. The summed E-state index contributed by atoms with van der Waals surface area (Å²) in [5.74, 6) is 1.20. The standard InChI is InChI=1S/C26H40O3/c1-17-18(2)20(4)25(21(5)19(17)3)23-8-6-22(7-9-23)16-27-24-10-12-26(13-11-24)28-14-15-29-26/h22-24H,6-16H2,1-5H3. The first kappa shape index (κ1) is 21.3. The molecule has 1 saturated heterocycles. The van der Waals surface area contributed by atoms with Crippen molar-refractivity contribution in [2.45, 2.75) is 104 Å². The predicted molar refractivity (Wildman–Crippen MR) is 118 cm³/mol. The highest BCUT2D eigenvalue weighted by Gasteiger charge is 2.40. The molecule has 1 aliphatic heterocycles. The molecule has 29 heavy (non-hydrogen) atoms. The van der Waals surface area contributed by atoms with Gasteiger partial charge in [0.25, 0.3) is 0 Å². The normalized spacial score (nSPS) is 27.6. The topological polar surface area (TPSA) is 27.7 Å². The van der Waals surface area contributed by atoms with Gasteiger partial charge in [0.2, 0.25) is 0 Å². The van der Waals surface area contributed by atoms with Crippen LogP contribution in [0, 0.1) is 40.5 Å². The molecule has 0 unspecified atom stereocenters. The Hall–Kier alpha value is -0.900. The largest absolute Gasteiger partial charge is 0.378 e. The van der Waals surface area contributed by atoms with Crippen LogP contribution in [0.15, 0.2) is 0 Å². The number of benzene rings is 1. The minimum atomic E-state index is -0.266. The van der Waals surface area contributed by atoms with E-state index in [-0.39, 0.29) is 5.79 Å². The molecule has 1 aromatic rings. The second kappa shape index (κ2) is 8.69. The Labute approximate surface area is 177 Å². The van der Waals surface area contributed by atoms with E-state index in [0.717, 1.165) is 57.3 Å². The Kier molecular flexibility index (Phi) is 6.39. The van der Waals surface area contributed by atoms with Gasteiger partial charge in [-0.2, -0.15) is 0 Å². The second-order valence-corrected chi connectivity index (χ2v) is 9.90. The lowest BCUT2D eigenvalue weighted by atomic mass is 9.74. The fraction of sp³-hybridized carbons (Fsp3) is 0.769. The van der Waals surface area contributed by atoms with E-state index in [9.17, 15) is 0 Å². The van der Waals surface area contributed by atoms with Crippen LogP contribution in [-0.2, 0) is 14.2 Å². The first-order chi connectivity index (χ1) is 13.9. The van der Waals surface area contributed by atoms with Gasteiger partial charge < -0.3 is 14.2 Å². The molecule has 0 radical (unpaired) electrons. The van der Waals surface area contributed by atoms with Crippen molar-refractivity contribution in [2.24, 2.45) is 5.92 Å². The Balaban J connectivity index is 1.27. The van der Waals surface area contributed by atoms with Crippen LogP contribution < -0.4 is 0 Å². The summed E-state index contributed by atoms with van der Waals surface area (Å²) in [6.45, 7) is 14.0. The predicted octanol–water partition coefficient (Wildman–Crippen LogP) is 6.20. The molecule has 0 aromatic heterocycles. The smallest absolute Gasteiger partial charge is 0.168 e. The maximum absolute atomic E-state index is 6.36. The van der Waals surface area contributed by atoms with Gasteiger partial charge in [0, 0.05) is 19.4 Å². The van der Waals surface area contributed by atoms with E-state index in [1.165, 1.54) is 53.5 Å². The zero-order chi connectivity index (χ0) is 20.6. The summed E-state index contributed by atoms with van der Waals surface area (Å²) in [6.07, 6.45) is 9.78. The molecule has 1 spiro atoms. The minimum Gasteiger partial charge on any atom is -0.378 e. The van der Waals surface area contributed by atoms with Crippen molar-refractivity contribution in [2.75, 3.05) is 19.8 Å². The lowest BCUT2D eigenvalue weighted by Gasteiger charge is -2.36. The van der Waals surface area contributed by atoms with Crippen LogP contribution in [-0.4, -0.2) is 31.7 Å². The van der Waals surface area contributed by atoms with Crippen molar-refractivity contribution in [3.63, 3.8) is 0 Å². The van der Waals surface area contributed by atoms with Crippen LogP contribution in [0.25, 0.3) is 0 Å². The molecule has 3 aliphatic rings. The van der Waals surface area contributed by atoms with E-state index >= 15 is 0 Å². The van der Waals surface area contributed by atoms with Gasteiger partial charge in [-0.3, -0.25) is 0 Å². The van der Waals surface area contributed by atoms with E-state index in [2.05, 4.69) is 34.6 Å². The molecule has 0 atom stereocenters. The van der Waals surface area contributed by atoms with Gasteiger partial charge in [0.1, 0.15) is 0 Å². The highest BCUT2D eigenvalue weighted by molar-refractivity contribution is 5.51. The minimum absolute atomic E-state index is 0.266. The van der Waals surface area contributed by atoms with E-state index in [0.29, 0.717) is 6.10 Å². The number of ether oxygens (including phenoxy) is 3. The highest BCUT2D eigenvalue weighted by Crippen LogP contribution is 2.42. The van der Waals surface area contributed by atoms with Crippen LogP contribution in [0.5, 0.6) is 0 Å². The SMILES string of the molecule is Cc1c(C)c(C)c(C2CCC(COC3CCC4(CC3)OCCO4)CC2)c(C)c1C. The highest BCUT2D eigenvalue weighted by atomic mass is 16.7. The molecule has 2 aliphatic carbocycles. The quantitative estimate of drug-likeness (QED) is 0.602. The van der Waals surface area contributed by atoms with Crippen molar-refractivity contribution < 1.29 is 14.2 Å². The fourth-order valence-corrected chi connectivity index (χ4v) is 6.01. The third-order valence-corrected chi connectivity index (χ3v) is 8.39. The lowest BCUT2D eigenvalue weighted by Crippen LogP contribution is -2.38. The van der Waals surface area contributed by atoms with E-state index in [4.69, 9.17) is 14.2 Å². The Morgan fingerprint density at radius 3 is 1.79 bits per heavy atom. The number of rotatable bonds is 4. The summed E-state index contributed by atoms with van der Waals surface area (Å²) in [5, 5.41) is 0. The van der Waals surface area contributed by atoms with Crippen molar-refractivity contribution >= 4 is 0 Å². The summed E-state index contributed by atoms with van der Waals surface area (Å²) < 4.78 is 18.0. The van der Waals surface area contributed by atoms with Gasteiger partial charge in [-0.1, -0.05) is 0 Å². The van der Waals surface area contributed by atoms with E-state index in [1.807, 2.05) is 0 Å². The van der Waals surface area contributed by atoms with Gasteiger partial charge in [0.05, 0.1) is 19.3 Å². The van der Waals surface area contributed by atoms with Crippen LogP contribution in [0.2, 0.25) is 0 Å². The molecule has 3 fully saturated rings. The molecule has 0 amide bonds. The van der Waals surface area contributed by atoms with Crippen LogP contribution in [0.3, 0.4) is 0 Å². The molecule has 162 valence electrons. The fourth-order valence-electron chi connectivity index (χ4n) is 6.01. The molecule has 0 N–H and O–H groups in total. The molecular weight excluding hydrogens is 360 g/mol. The first-order valence-corrected chi connectivity index (χ1v) is 11.9. The molecule has 3 heteroatoms. The number of hydrogen-bond donors (Lipinski definition) is 0. The molecule has 2 saturated carbocycles. The first-order valence-electron chi connectivity index (χ1n) is 11.9. The van der Waals surface area contributed by atoms with Crippen LogP contribution >= 0.6 is 0 Å². The zero-order valence-corrected chi connectivity index (χ0v) is 19.2. The van der Waals surface area contributed by atoms with Crippen molar-refractivity contribution in [1.82, 2.24) is 0 Å². The number of hydrogen-bond acceptors (Lipinski definition) is 3. The van der Waals surface area contributed by atoms with Crippen molar-refractivity contribution in [3.05, 3.63) is 33.4 Å². The third-order valence-electron chi connectivity index (χ3n) is 8.39. The second-order valence-electron chi connectivity index (χ2n) is 9.90. The summed E-state index contributed by atoms with van der Waals surface area (Å²) in [7, 11) is 0. The Morgan fingerprint density at radius 1 is 0.724 bits per heavy atom. The van der Waals surface area contributed by atoms with Gasteiger partial charge in [0.15, 0.2) is 5.79 Å². The summed E-state index contributed by atoms with van der Waals surface area (Å²) >= 11 is 0. The molecule has 3 nitrogen and oxygen atoms in total. The Bertz CT molecular complexity index is 685. The summed E-state index contributed by atoms with van der Waals surface area (Å²) in [5.41, 5.74) is 9.21. The molecular formula is C26H40O3. The molecule has 0 bridgehead atoms. The van der Waals surface area contributed by atoms with Crippen molar-refractivity contribution in [3.8, 4) is 0 Å². The van der Waals surface area contributed by atoms with E-state index in [1.54, 1.807) is 5.56 Å². The molecule has 1 aromatic carbocycles. The molecule has 1 heterocycles. The van der Waals surface area contributed by atoms with E-state index < -0.39 is 0 Å². The average molecular weight is 401 g/mol. The zero-order valence-electron chi connectivity index (χ0n) is 19.2. The van der Waals surface area contributed by atoms with Crippen LogP contribution in [0.4, 0.5) is 0 Å². The maximum atomic E-state index is 6.36. The van der Waals surface area contributed by atoms with Gasteiger partial charge in [-0.15, -0.1) is 0 Å². The lowest BCUT2D eigenvalue weighted by molar-refractivity contribution is -0.192. The van der Waals surface area contributed by atoms with Crippen molar-refractivity contribution in [1.29, 1.82) is 0 Å². The van der Waals surface area contributed by atoms with Gasteiger partial charge in [-0.25, -0.2) is 0 Å². The third kappa shape index (κ3) is 4.29. The molecule has 4 rings (SSSR count). The van der Waals surface area contributed by atoms with Gasteiger partial charge in [-0.05, 0) is 118 Å².